The zero-order chi connectivity index (χ0) is 21.1. The van der Waals surface area contributed by atoms with Gasteiger partial charge < -0.3 is 15.0 Å². The molecule has 0 aliphatic carbocycles. The van der Waals surface area contributed by atoms with Gasteiger partial charge in [0.15, 0.2) is 0 Å². The monoisotopic (exact) mass is 400 g/mol. The molecule has 0 unspecified atom stereocenters. The van der Waals surface area contributed by atoms with Gasteiger partial charge in [-0.05, 0) is 60.4 Å². The maximum Gasteiger partial charge on any atom is 0.337 e. The minimum atomic E-state index is -0.432. The highest BCUT2D eigenvalue weighted by Gasteiger charge is 2.18. The van der Waals surface area contributed by atoms with Crippen molar-refractivity contribution in [2.45, 2.75) is 19.9 Å². The molecule has 3 aromatic carbocycles. The quantitative estimate of drug-likeness (QED) is 0.636. The summed E-state index contributed by atoms with van der Waals surface area (Å²) in [5.41, 5.74) is 6.29. The zero-order valence-electron chi connectivity index (χ0n) is 17.1. The standard InChI is InChI=1S/C25H24N2O3/c1-17-7-10-21(25(29)30-2)15-22(17)26-24(28)20-11-8-18(9-12-20)16-27-14-13-19-5-3-4-6-23(19)27/h3-12,15H,13-14,16H2,1-2H3,(H,26,28). The second-order valence-corrected chi connectivity index (χ2v) is 7.47. The summed E-state index contributed by atoms with van der Waals surface area (Å²) in [5, 5.41) is 2.89. The topological polar surface area (TPSA) is 58.6 Å². The average molecular weight is 400 g/mol. The fourth-order valence-electron chi connectivity index (χ4n) is 3.75. The third-order valence-electron chi connectivity index (χ3n) is 5.48. The van der Waals surface area contributed by atoms with Crippen molar-refractivity contribution in [3.63, 3.8) is 0 Å². The first-order valence-electron chi connectivity index (χ1n) is 9.97. The molecule has 0 radical (unpaired) electrons. The molecule has 0 bridgehead atoms. The lowest BCUT2D eigenvalue weighted by molar-refractivity contribution is 0.0600. The fraction of sp³-hybridized carbons (Fsp3) is 0.200. The van der Waals surface area contributed by atoms with Gasteiger partial charge in [-0.15, -0.1) is 0 Å². The number of aryl methyl sites for hydroxylation is 1. The Morgan fingerprint density at radius 2 is 1.73 bits per heavy atom. The summed E-state index contributed by atoms with van der Waals surface area (Å²) < 4.78 is 4.75. The van der Waals surface area contributed by atoms with Crippen LogP contribution in [0.3, 0.4) is 0 Å². The smallest absolute Gasteiger partial charge is 0.337 e. The Labute approximate surface area is 176 Å². The molecule has 1 aliphatic rings. The highest BCUT2D eigenvalue weighted by atomic mass is 16.5. The highest BCUT2D eigenvalue weighted by molar-refractivity contribution is 6.05. The van der Waals surface area contributed by atoms with Crippen LogP contribution in [0.4, 0.5) is 11.4 Å². The molecule has 1 N–H and O–H groups in total. The van der Waals surface area contributed by atoms with E-state index < -0.39 is 5.97 Å². The Balaban J connectivity index is 1.45. The summed E-state index contributed by atoms with van der Waals surface area (Å²) >= 11 is 0. The zero-order valence-corrected chi connectivity index (χ0v) is 17.1. The Bertz CT molecular complexity index is 1090. The van der Waals surface area contributed by atoms with Gasteiger partial charge in [0, 0.05) is 30.0 Å². The number of fused-ring (bicyclic) bond motifs is 1. The van der Waals surface area contributed by atoms with Gasteiger partial charge in [0.2, 0.25) is 0 Å². The van der Waals surface area contributed by atoms with Crippen molar-refractivity contribution in [3.05, 3.63) is 94.5 Å². The number of para-hydroxylation sites is 1. The van der Waals surface area contributed by atoms with Crippen LogP contribution in [0.2, 0.25) is 0 Å². The Kier molecular flexibility index (Phi) is 5.53. The molecule has 152 valence electrons. The molecule has 5 nitrogen and oxygen atoms in total. The van der Waals surface area contributed by atoms with Crippen molar-refractivity contribution in [1.29, 1.82) is 0 Å². The predicted molar refractivity (Wildman–Crippen MR) is 118 cm³/mol. The molecule has 4 rings (SSSR count). The molecule has 1 aliphatic heterocycles. The fourth-order valence-corrected chi connectivity index (χ4v) is 3.75. The minimum absolute atomic E-state index is 0.210. The number of hydrogen-bond donors (Lipinski definition) is 1. The van der Waals surface area contributed by atoms with E-state index in [1.807, 2.05) is 31.2 Å². The van der Waals surface area contributed by atoms with E-state index >= 15 is 0 Å². The van der Waals surface area contributed by atoms with Gasteiger partial charge in [0.1, 0.15) is 0 Å². The van der Waals surface area contributed by atoms with E-state index in [9.17, 15) is 9.59 Å². The minimum Gasteiger partial charge on any atom is -0.465 e. The first kappa shape index (κ1) is 19.7. The van der Waals surface area contributed by atoms with Crippen LogP contribution in [0, 0.1) is 6.92 Å². The van der Waals surface area contributed by atoms with Crippen molar-refractivity contribution >= 4 is 23.3 Å². The number of anilines is 2. The molecule has 0 fully saturated rings. The third kappa shape index (κ3) is 4.06. The number of benzene rings is 3. The van der Waals surface area contributed by atoms with Crippen LogP contribution in [0.25, 0.3) is 0 Å². The van der Waals surface area contributed by atoms with E-state index in [4.69, 9.17) is 4.74 Å². The first-order chi connectivity index (χ1) is 14.5. The number of hydrogen-bond acceptors (Lipinski definition) is 4. The molecule has 5 heteroatoms. The van der Waals surface area contributed by atoms with Gasteiger partial charge in [-0.2, -0.15) is 0 Å². The SMILES string of the molecule is COC(=O)c1ccc(C)c(NC(=O)c2ccc(CN3CCc4ccccc43)cc2)c1. The van der Waals surface area contributed by atoms with Gasteiger partial charge in [-0.25, -0.2) is 4.79 Å². The van der Waals surface area contributed by atoms with E-state index in [2.05, 4.69) is 34.5 Å². The molecule has 0 aromatic heterocycles. The summed E-state index contributed by atoms with van der Waals surface area (Å²) in [5.74, 6) is -0.642. The summed E-state index contributed by atoms with van der Waals surface area (Å²) in [6, 6.07) is 21.3. The average Bonchev–Trinajstić information content (AvgIpc) is 3.18. The number of ether oxygens (including phenoxy) is 1. The number of nitrogens with zero attached hydrogens (tertiary/aromatic N) is 1. The molecule has 3 aromatic rings. The number of amides is 1. The number of carbonyl (C=O) groups is 2. The molecule has 0 saturated heterocycles. The number of nitrogens with one attached hydrogen (secondary N) is 1. The van der Waals surface area contributed by atoms with Crippen molar-refractivity contribution in [3.8, 4) is 0 Å². The second kappa shape index (κ2) is 8.41. The molecule has 1 heterocycles. The van der Waals surface area contributed by atoms with Crippen LogP contribution in [-0.2, 0) is 17.7 Å². The largest absolute Gasteiger partial charge is 0.465 e. The van der Waals surface area contributed by atoms with Gasteiger partial charge in [0.05, 0.1) is 12.7 Å². The summed E-state index contributed by atoms with van der Waals surface area (Å²) in [4.78, 5) is 26.8. The normalized spacial score (nSPS) is 12.4. The van der Waals surface area contributed by atoms with Crippen LogP contribution in [0.15, 0.2) is 66.7 Å². The lowest BCUT2D eigenvalue weighted by atomic mass is 10.1. The van der Waals surface area contributed by atoms with Gasteiger partial charge in [-0.1, -0.05) is 36.4 Å². The molecular weight excluding hydrogens is 376 g/mol. The van der Waals surface area contributed by atoms with Crippen LogP contribution in [0.5, 0.6) is 0 Å². The number of esters is 1. The molecular formula is C25H24N2O3. The summed E-state index contributed by atoms with van der Waals surface area (Å²) in [6.07, 6.45) is 1.07. The predicted octanol–water partition coefficient (Wildman–Crippen LogP) is 4.60. The molecule has 0 atom stereocenters. The van der Waals surface area contributed by atoms with E-state index in [1.165, 1.54) is 18.4 Å². The van der Waals surface area contributed by atoms with Gasteiger partial charge >= 0.3 is 5.97 Å². The van der Waals surface area contributed by atoms with Gasteiger partial charge in [0.25, 0.3) is 5.91 Å². The van der Waals surface area contributed by atoms with Crippen LogP contribution in [-0.4, -0.2) is 25.5 Å². The maximum absolute atomic E-state index is 12.7. The van der Waals surface area contributed by atoms with Crippen molar-refractivity contribution in [1.82, 2.24) is 0 Å². The molecule has 1 amide bonds. The number of rotatable bonds is 5. The first-order valence-corrected chi connectivity index (χ1v) is 9.97. The summed E-state index contributed by atoms with van der Waals surface area (Å²) in [6.45, 7) is 3.71. The summed E-state index contributed by atoms with van der Waals surface area (Å²) in [7, 11) is 1.34. The Morgan fingerprint density at radius 3 is 2.50 bits per heavy atom. The second-order valence-electron chi connectivity index (χ2n) is 7.47. The maximum atomic E-state index is 12.7. The van der Waals surface area contributed by atoms with Gasteiger partial charge in [-0.3, -0.25) is 4.79 Å². The van der Waals surface area contributed by atoms with Crippen molar-refractivity contribution < 1.29 is 14.3 Å². The van der Waals surface area contributed by atoms with Crippen LogP contribution >= 0.6 is 0 Å². The van der Waals surface area contributed by atoms with Crippen LogP contribution < -0.4 is 10.2 Å². The lowest BCUT2D eigenvalue weighted by Gasteiger charge is -2.19. The Morgan fingerprint density at radius 1 is 1.00 bits per heavy atom. The Hall–Kier alpha value is -3.60. The van der Waals surface area contributed by atoms with Crippen molar-refractivity contribution in [2.24, 2.45) is 0 Å². The molecule has 30 heavy (non-hydrogen) atoms. The number of carbonyl (C=O) groups excluding carboxylic acids is 2. The van der Waals surface area contributed by atoms with E-state index in [0.717, 1.165) is 30.6 Å². The van der Waals surface area contributed by atoms with Crippen molar-refractivity contribution in [2.75, 3.05) is 23.9 Å². The van der Waals surface area contributed by atoms with E-state index in [-0.39, 0.29) is 5.91 Å². The van der Waals surface area contributed by atoms with E-state index in [1.54, 1.807) is 18.2 Å². The third-order valence-corrected chi connectivity index (χ3v) is 5.48. The molecule has 0 spiro atoms. The van der Waals surface area contributed by atoms with E-state index in [0.29, 0.717) is 16.8 Å². The molecule has 0 saturated carbocycles. The number of methoxy groups -OCH3 is 1. The lowest BCUT2D eigenvalue weighted by Crippen LogP contribution is -2.19. The highest BCUT2D eigenvalue weighted by Crippen LogP contribution is 2.29. The van der Waals surface area contributed by atoms with Crippen LogP contribution in [0.1, 0.15) is 37.4 Å².